The third kappa shape index (κ3) is 4.13. The standard InChI is InChI=1S/C28H29NO2/c1-5-24-20(3)26-17-29(28(30)31-18-22-9-7-6-8-10-22)16-15-25(26)21(4)27(24)23-13-11-19(2)12-14-23/h5-14H,1,15-18H2,2-4H3. The van der Waals surface area contributed by atoms with Gasteiger partial charge in [-0.15, -0.1) is 0 Å². The minimum absolute atomic E-state index is 0.255. The van der Waals surface area contributed by atoms with Gasteiger partial charge in [0.1, 0.15) is 6.61 Å². The van der Waals surface area contributed by atoms with Gasteiger partial charge in [0.15, 0.2) is 0 Å². The predicted octanol–water partition coefficient (Wildman–Crippen LogP) is 6.62. The molecule has 1 aliphatic rings. The van der Waals surface area contributed by atoms with Crippen LogP contribution in [0.25, 0.3) is 17.2 Å². The number of nitrogens with zero attached hydrogens (tertiary/aromatic N) is 1. The first kappa shape index (κ1) is 20.9. The van der Waals surface area contributed by atoms with Gasteiger partial charge in [0.05, 0.1) is 0 Å². The Morgan fingerprint density at radius 3 is 2.39 bits per heavy atom. The van der Waals surface area contributed by atoms with E-state index >= 15 is 0 Å². The van der Waals surface area contributed by atoms with Gasteiger partial charge < -0.3 is 9.64 Å². The minimum atomic E-state index is -0.255. The zero-order valence-electron chi connectivity index (χ0n) is 18.6. The number of amides is 1. The summed E-state index contributed by atoms with van der Waals surface area (Å²) in [5.74, 6) is 0. The van der Waals surface area contributed by atoms with Crippen molar-refractivity contribution in [3.63, 3.8) is 0 Å². The number of carbonyl (C=O) groups excluding carboxylic acids is 1. The van der Waals surface area contributed by atoms with Crippen LogP contribution in [0, 0.1) is 20.8 Å². The molecule has 0 bridgehead atoms. The highest BCUT2D eigenvalue weighted by Crippen LogP contribution is 2.38. The quantitative estimate of drug-likeness (QED) is 0.483. The van der Waals surface area contributed by atoms with Crippen LogP contribution < -0.4 is 0 Å². The van der Waals surface area contributed by atoms with Gasteiger partial charge in [-0.05, 0) is 71.7 Å². The molecule has 0 saturated heterocycles. The highest BCUT2D eigenvalue weighted by molar-refractivity contribution is 5.82. The summed E-state index contributed by atoms with van der Waals surface area (Å²) in [6.45, 7) is 12.1. The molecule has 0 spiro atoms. The maximum absolute atomic E-state index is 12.7. The van der Waals surface area contributed by atoms with Crippen LogP contribution in [0.1, 0.15) is 38.9 Å². The summed E-state index contributed by atoms with van der Waals surface area (Å²) in [5.41, 5.74) is 10.9. The Morgan fingerprint density at radius 2 is 1.71 bits per heavy atom. The van der Waals surface area contributed by atoms with Crippen LogP contribution >= 0.6 is 0 Å². The zero-order chi connectivity index (χ0) is 22.0. The Labute approximate surface area is 185 Å². The molecule has 0 N–H and O–H groups in total. The average Bonchev–Trinajstić information content (AvgIpc) is 2.80. The molecule has 0 saturated carbocycles. The van der Waals surface area contributed by atoms with Crippen molar-refractivity contribution in [1.82, 2.24) is 4.90 Å². The second-order valence-corrected chi connectivity index (χ2v) is 8.28. The summed E-state index contributed by atoms with van der Waals surface area (Å²) in [5, 5.41) is 0. The van der Waals surface area contributed by atoms with Crippen molar-refractivity contribution in [2.24, 2.45) is 0 Å². The van der Waals surface area contributed by atoms with Gasteiger partial charge in [-0.2, -0.15) is 0 Å². The Morgan fingerprint density at radius 1 is 1.00 bits per heavy atom. The molecule has 0 atom stereocenters. The molecule has 0 aliphatic carbocycles. The molecular formula is C28H29NO2. The number of hydrogen-bond acceptors (Lipinski definition) is 2. The first-order valence-electron chi connectivity index (χ1n) is 10.8. The Bertz CT molecular complexity index is 1110. The topological polar surface area (TPSA) is 29.5 Å². The first-order chi connectivity index (χ1) is 15.0. The van der Waals surface area contributed by atoms with E-state index in [1.165, 1.54) is 38.9 Å². The number of ether oxygens (including phenoxy) is 1. The molecular weight excluding hydrogens is 382 g/mol. The number of carbonyl (C=O) groups is 1. The normalized spacial score (nSPS) is 12.9. The number of benzene rings is 3. The van der Waals surface area contributed by atoms with Gasteiger partial charge in [-0.1, -0.05) is 72.8 Å². The molecule has 158 valence electrons. The Hall–Kier alpha value is -3.33. The van der Waals surface area contributed by atoms with E-state index in [1.54, 1.807) is 0 Å². The van der Waals surface area contributed by atoms with E-state index in [4.69, 9.17) is 4.74 Å². The van der Waals surface area contributed by atoms with Crippen molar-refractivity contribution < 1.29 is 9.53 Å². The molecule has 3 aromatic rings. The van der Waals surface area contributed by atoms with Crippen LogP contribution in [-0.4, -0.2) is 17.5 Å². The van der Waals surface area contributed by atoms with E-state index in [-0.39, 0.29) is 6.09 Å². The smallest absolute Gasteiger partial charge is 0.410 e. The molecule has 0 fully saturated rings. The van der Waals surface area contributed by atoms with Gasteiger partial charge in [0.25, 0.3) is 0 Å². The monoisotopic (exact) mass is 411 g/mol. The molecule has 4 rings (SSSR count). The summed E-state index contributed by atoms with van der Waals surface area (Å²) >= 11 is 0. The fraction of sp³-hybridized carbons (Fsp3) is 0.250. The van der Waals surface area contributed by atoms with E-state index in [9.17, 15) is 4.79 Å². The lowest BCUT2D eigenvalue weighted by molar-refractivity contribution is 0.0917. The lowest BCUT2D eigenvalue weighted by Gasteiger charge is -2.32. The molecule has 1 amide bonds. The third-order valence-corrected chi connectivity index (χ3v) is 6.31. The fourth-order valence-electron chi connectivity index (χ4n) is 4.54. The highest BCUT2D eigenvalue weighted by Gasteiger charge is 2.27. The molecule has 1 aliphatic heterocycles. The van der Waals surface area contributed by atoms with E-state index in [0.717, 1.165) is 17.5 Å². The summed E-state index contributed by atoms with van der Waals surface area (Å²) in [6, 6.07) is 18.5. The zero-order valence-corrected chi connectivity index (χ0v) is 18.6. The summed E-state index contributed by atoms with van der Waals surface area (Å²) in [7, 11) is 0. The van der Waals surface area contributed by atoms with Crippen LogP contribution in [-0.2, 0) is 24.3 Å². The van der Waals surface area contributed by atoms with Crippen molar-refractivity contribution in [2.45, 2.75) is 40.3 Å². The predicted molar refractivity (Wildman–Crippen MR) is 127 cm³/mol. The van der Waals surface area contributed by atoms with Crippen molar-refractivity contribution in [1.29, 1.82) is 0 Å². The lowest BCUT2D eigenvalue weighted by atomic mass is 9.82. The first-order valence-corrected chi connectivity index (χ1v) is 10.8. The van der Waals surface area contributed by atoms with E-state index in [0.29, 0.717) is 19.7 Å². The van der Waals surface area contributed by atoms with Crippen LogP contribution in [0.15, 0.2) is 61.2 Å². The molecule has 0 radical (unpaired) electrons. The lowest BCUT2D eigenvalue weighted by Crippen LogP contribution is -2.37. The SMILES string of the molecule is C=Cc1c(C)c2c(c(C)c1-c1ccc(C)cc1)CCN(C(=O)OCc1ccccc1)C2. The molecule has 1 heterocycles. The van der Waals surface area contributed by atoms with Crippen molar-refractivity contribution in [3.05, 3.63) is 100 Å². The summed E-state index contributed by atoms with van der Waals surface area (Å²) in [6.07, 6.45) is 2.53. The van der Waals surface area contributed by atoms with E-state index in [1.807, 2.05) is 41.3 Å². The Kier molecular flexibility index (Phi) is 5.94. The summed E-state index contributed by atoms with van der Waals surface area (Å²) < 4.78 is 5.58. The van der Waals surface area contributed by atoms with Crippen molar-refractivity contribution >= 4 is 12.2 Å². The molecule has 3 heteroatoms. The van der Waals surface area contributed by atoms with Gasteiger partial charge in [-0.3, -0.25) is 0 Å². The second-order valence-electron chi connectivity index (χ2n) is 8.28. The number of fused-ring (bicyclic) bond motifs is 1. The molecule has 3 nitrogen and oxygen atoms in total. The van der Waals surface area contributed by atoms with Gasteiger partial charge >= 0.3 is 6.09 Å². The van der Waals surface area contributed by atoms with Gasteiger partial charge in [0, 0.05) is 13.1 Å². The molecule has 3 aromatic carbocycles. The molecule has 0 unspecified atom stereocenters. The van der Waals surface area contributed by atoms with Crippen LogP contribution in [0.4, 0.5) is 4.79 Å². The summed E-state index contributed by atoms with van der Waals surface area (Å²) in [4.78, 5) is 14.6. The fourth-order valence-corrected chi connectivity index (χ4v) is 4.54. The third-order valence-electron chi connectivity index (χ3n) is 6.31. The minimum Gasteiger partial charge on any atom is -0.445 e. The Balaban J connectivity index is 1.62. The number of aryl methyl sites for hydroxylation is 1. The van der Waals surface area contributed by atoms with Gasteiger partial charge in [0.2, 0.25) is 0 Å². The van der Waals surface area contributed by atoms with Crippen LogP contribution in [0.2, 0.25) is 0 Å². The maximum Gasteiger partial charge on any atom is 0.410 e. The molecule has 31 heavy (non-hydrogen) atoms. The van der Waals surface area contributed by atoms with Crippen molar-refractivity contribution in [2.75, 3.05) is 6.54 Å². The van der Waals surface area contributed by atoms with Gasteiger partial charge in [-0.25, -0.2) is 4.79 Å². The largest absolute Gasteiger partial charge is 0.445 e. The highest BCUT2D eigenvalue weighted by atomic mass is 16.6. The average molecular weight is 412 g/mol. The number of hydrogen-bond donors (Lipinski definition) is 0. The maximum atomic E-state index is 12.7. The van der Waals surface area contributed by atoms with E-state index in [2.05, 4.69) is 51.6 Å². The van der Waals surface area contributed by atoms with E-state index < -0.39 is 0 Å². The number of rotatable bonds is 4. The second kappa shape index (κ2) is 8.81. The van der Waals surface area contributed by atoms with Crippen LogP contribution in [0.3, 0.4) is 0 Å². The van der Waals surface area contributed by atoms with Crippen LogP contribution in [0.5, 0.6) is 0 Å². The van der Waals surface area contributed by atoms with Crippen molar-refractivity contribution in [3.8, 4) is 11.1 Å². The molecule has 0 aromatic heterocycles.